The molecule has 18 heavy (non-hydrogen) atoms. The molecule has 1 aromatic rings. The van der Waals surface area contributed by atoms with Gasteiger partial charge in [0.1, 0.15) is 0 Å². The van der Waals surface area contributed by atoms with E-state index < -0.39 is 10.7 Å². The fourth-order valence-corrected chi connectivity index (χ4v) is 2.24. The quantitative estimate of drug-likeness (QED) is 0.857. The van der Waals surface area contributed by atoms with Crippen molar-refractivity contribution >= 4 is 15.9 Å². The number of hydrogen-bond acceptors (Lipinski definition) is 5. The standard InChI is InChI=1S/C10H15BrF2N4O/c1-2-7(17-5-3-14-4-6-17)8-15-9(18-16-8)10(11,12)13/h7,14H,2-6H2,1H3. The maximum Gasteiger partial charge on any atom is 0.378 e. The Kier molecular flexibility index (Phi) is 4.29. The van der Waals surface area contributed by atoms with Crippen LogP contribution in [0.15, 0.2) is 4.52 Å². The first kappa shape index (κ1) is 13.8. The molecule has 0 amide bonds. The Morgan fingerprint density at radius 1 is 1.50 bits per heavy atom. The number of nitrogens with one attached hydrogen (secondary N) is 1. The SMILES string of the molecule is CCC(c1noc(C(F)(F)Br)n1)N1CCNCC1. The molecule has 1 aromatic heterocycles. The van der Waals surface area contributed by atoms with Crippen LogP contribution < -0.4 is 5.32 Å². The number of halogens is 3. The lowest BCUT2D eigenvalue weighted by molar-refractivity contribution is 0.0725. The number of aromatic nitrogens is 2. The van der Waals surface area contributed by atoms with Crippen molar-refractivity contribution in [3.05, 3.63) is 11.7 Å². The van der Waals surface area contributed by atoms with Crippen LogP contribution in [0.1, 0.15) is 31.1 Å². The van der Waals surface area contributed by atoms with E-state index in [1.165, 1.54) is 0 Å². The summed E-state index contributed by atoms with van der Waals surface area (Å²) in [6, 6.07) is -0.0700. The molecule has 0 aliphatic carbocycles. The van der Waals surface area contributed by atoms with Crippen LogP contribution in [0.25, 0.3) is 0 Å². The van der Waals surface area contributed by atoms with Crippen molar-refractivity contribution in [1.82, 2.24) is 20.4 Å². The summed E-state index contributed by atoms with van der Waals surface area (Å²) < 4.78 is 30.6. The normalized spacial score (nSPS) is 20.0. The fourth-order valence-electron chi connectivity index (χ4n) is 2.08. The lowest BCUT2D eigenvalue weighted by Crippen LogP contribution is -2.45. The molecule has 1 aliphatic heterocycles. The Balaban J connectivity index is 2.14. The molecule has 2 heterocycles. The van der Waals surface area contributed by atoms with Crippen LogP contribution >= 0.6 is 15.9 Å². The van der Waals surface area contributed by atoms with Crippen molar-refractivity contribution in [3.8, 4) is 0 Å². The van der Waals surface area contributed by atoms with Gasteiger partial charge in [-0.15, -0.1) is 0 Å². The third-order valence-corrected chi connectivity index (χ3v) is 3.30. The van der Waals surface area contributed by atoms with Crippen molar-refractivity contribution in [3.63, 3.8) is 0 Å². The number of nitrogens with zero attached hydrogens (tertiary/aromatic N) is 3. The Morgan fingerprint density at radius 3 is 2.67 bits per heavy atom. The van der Waals surface area contributed by atoms with Gasteiger partial charge in [-0.05, 0) is 6.42 Å². The molecule has 0 radical (unpaired) electrons. The first-order chi connectivity index (χ1) is 8.52. The van der Waals surface area contributed by atoms with Crippen molar-refractivity contribution < 1.29 is 13.3 Å². The van der Waals surface area contributed by atoms with E-state index >= 15 is 0 Å². The van der Waals surface area contributed by atoms with Crippen LogP contribution in [0.3, 0.4) is 0 Å². The second-order valence-electron chi connectivity index (χ2n) is 4.17. The summed E-state index contributed by atoms with van der Waals surface area (Å²) in [6.45, 7) is 5.46. The Bertz CT molecular complexity index is 389. The number of alkyl halides is 3. The molecular formula is C10H15BrF2N4O. The van der Waals surface area contributed by atoms with E-state index in [-0.39, 0.29) is 6.04 Å². The first-order valence-corrected chi connectivity index (χ1v) is 6.67. The minimum absolute atomic E-state index is 0.0700. The van der Waals surface area contributed by atoms with Crippen LogP contribution in [0.5, 0.6) is 0 Å². The smallest absolute Gasteiger partial charge is 0.331 e. The summed E-state index contributed by atoms with van der Waals surface area (Å²) in [5, 5.41) is 6.91. The monoisotopic (exact) mass is 324 g/mol. The molecule has 1 saturated heterocycles. The Hall–Kier alpha value is -0.600. The van der Waals surface area contributed by atoms with Crippen LogP contribution in [0.2, 0.25) is 0 Å². The predicted octanol–water partition coefficient (Wildman–Crippen LogP) is 1.87. The third kappa shape index (κ3) is 3.04. The maximum atomic E-state index is 13.0. The summed E-state index contributed by atoms with van der Waals surface area (Å²) in [4.78, 5) is 2.71. The molecule has 0 bridgehead atoms. The summed E-state index contributed by atoms with van der Waals surface area (Å²) in [6.07, 6.45) is 0.757. The number of hydrogen-bond donors (Lipinski definition) is 1. The van der Waals surface area contributed by atoms with Gasteiger partial charge >= 0.3 is 10.7 Å². The van der Waals surface area contributed by atoms with Crippen molar-refractivity contribution in [2.75, 3.05) is 26.2 Å². The van der Waals surface area contributed by atoms with E-state index in [1.54, 1.807) is 0 Å². The van der Waals surface area contributed by atoms with Crippen molar-refractivity contribution in [1.29, 1.82) is 0 Å². The lowest BCUT2D eigenvalue weighted by Gasteiger charge is -2.32. The zero-order valence-electron chi connectivity index (χ0n) is 10.00. The van der Waals surface area contributed by atoms with Crippen molar-refractivity contribution in [2.45, 2.75) is 24.2 Å². The van der Waals surface area contributed by atoms with E-state index in [4.69, 9.17) is 0 Å². The van der Waals surface area contributed by atoms with Gasteiger partial charge in [-0.1, -0.05) is 12.1 Å². The third-order valence-electron chi connectivity index (χ3n) is 2.96. The highest BCUT2D eigenvalue weighted by Gasteiger charge is 2.36. The molecule has 0 spiro atoms. The van der Waals surface area contributed by atoms with Crippen LogP contribution in [0.4, 0.5) is 8.78 Å². The van der Waals surface area contributed by atoms with E-state index in [0.717, 1.165) is 32.6 Å². The van der Waals surface area contributed by atoms with Gasteiger partial charge in [0.05, 0.1) is 6.04 Å². The van der Waals surface area contributed by atoms with E-state index in [2.05, 4.69) is 40.8 Å². The van der Waals surface area contributed by atoms with Gasteiger partial charge in [-0.3, -0.25) is 4.90 Å². The molecule has 102 valence electrons. The van der Waals surface area contributed by atoms with Gasteiger partial charge in [-0.2, -0.15) is 13.8 Å². The first-order valence-electron chi connectivity index (χ1n) is 5.88. The van der Waals surface area contributed by atoms with E-state index in [0.29, 0.717) is 5.82 Å². The highest BCUT2D eigenvalue weighted by molar-refractivity contribution is 9.09. The maximum absolute atomic E-state index is 13.0. The van der Waals surface area contributed by atoms with Crippen molar-refractivity contribution in [2.24, 2.45) is 0 Å². The second kappa shape index (κ2) is 5.58. The molecule has 1 unspecified atom stereocenters. The number of piperazine rings is 1. The van der Waals surface area contributed by atoms with Crippen LogP contribution in [0, 0.1) is 0 Å². The molecule has 1 N–H and O–H groups in total. The number of rotatable bonds is 4. The van der Waals surface area contributed by atoms with Crippen LogP contribution in [-0.2, 0) is 4.83 Å². The minimum atomic E-state index is -3.26. The molecule has 0 saturated carbocycles. The predicted molar refractivity (Wildman–Crippen MR) is 64.6 cm³/mol. The summed E-state index contributed by atoms with van der Waals surface area (Å²) in [5.74, 6) is -0.361. The molecule has 8 heteroatoms. The molecule has 2 rings (SSSR count). The molecule has 0 aromatic carbocycles. The minimum Gasteiger partial charge on any atom is -0.331 e. The Morgan fingerprint density at radius 2 is 2.17 bits per heavy atom. The van der Waals surface area contributed by atoms with Gasteiger partial charge in [0.25, 0.3) is 0 Å². The Labute approximate surface area is 112 Å². The van der Waals surface area contributed by atoms with Gasteiger partial charge in [0, 0.05) is 42.1 Å². The van der Waals surface area contributed by atoms with E-state index in [1.807, 2.05) is 6.92 Å². The zero-order valence-corrected chi connectivity index (χ0v) is 11.6. The fraction of sp³-hybridized carbons (Fsp3) is 0.800. The summed E-state index contributed by atoms with van der Waals surface area (Å²) in [5.41, 5.74) is 0. The summed E-state index contributed by atoms with van der Waals surface area (Å²) in [7, 11) is 0. The van der Waals surface area contributed by atoms with E-state index in [9.17, 15) is 8.78 Å². The molecule has 1 aliphatic rings. The lowest BCUT2D eigenvalue weighted by atomic mass is 10.1. The largest absolute Gasteiger partial charge is 0.378 e. The second-order valence-corrected chi connectivity index (χ2v) is 5.16. The highest BCUT2D eigenvalue weighted by atomic mass is 79.9. The molecule has 1 fully saturated rings. The van der Waals surface area contributed by atoms with Gasteiger partial charge in [-0.25, -0.2) is 0 Å². The molecule has 5 nitrogen and oxygen atoms in total. The highest BCUT2D eigenvalue weighted by Crippen LogP contribution is 2.34. The average molecular weight is 325 g/mol. The van der Waals surface area contributed by atoms with Gasteiger partial charge in [0.2, 0.25) is 0 Å². The van der Waals surface area contributed by atoms with Crippen LogP contribution in [-0.4, -0.2) is 41.2 Å². The summed E-state index contributed by atoms with van der Waals surface area (Å²) >= 11 is 2.21. The van der Waals surface area contributed by atoms with Gasteiger partial charge in [0.15, 0.2) is 5.82 Å². The van der Waals surface area contributed by atoms with Gasteiger partial charge < -0.3 is 9.84 Å². The topological polar surface area (TPSA) is 54.2 Å². The molecular weight excluding hydrogens is 310 g/mol. The average Bonchev–Trinajstić information content (AvgIpc) is 2.81. The molecule has 1 atom stereocenters. The zero-order chi connectivity index (χ0) is 13.2.